The number of carbonyl (C=O) groups is 2. The van der Waals surface area contributed by atoms with Gasteiger partial charge in [0, 0.05) is 12.8 Å². The molecule has 0 aliphatic heterocycles. The number of unbranched alkanes of at least 4 members (excludes halogenated alkanes) is 55. The zero-order valence-electron chi connectivity index (χ0n) is 57.1. The van der Waals surface area contributed by atoms with E-state index < -0.39 is 26.5 Å². The third-order valence-electron chi connectivity index (χ3n) is 17.3. The number of allylic oxidation sites excluding steroid dienone is 2. The molecular formula is C74H146NO8P. The van der Waals surface area contributed by atoms with Crippen LogP contribution in [0.1, 0.15) is 399 Å². The van der Waals surface area contributed by atoms with Gasteiger partial charge in [0.15, 0.2) is 6.10 Å². The predicted molar refractivity (Wildman–Crippen MR) is 361 cm³/mol. The summed E-state index contributed by atoms with van der Waals surface area (Å²) >= 11 is 0. The van der Waals surface area contributed by atoms with Gasteiger partial charge in [-0.3, -0.25) is 14.2 Å². The first-order chi connectivity index (χ1) is 41.0. The molecule has 2 unspecified atom stereocenters. The van der Waals surface area contributed by atoms with Crippen LogP contribution in [0.4, 0.5) is 0 Å². The van der Waals surface area contributed by atoms with Gasteiger partial charge >= 0.3 is 11.9 Å². The molecule has 0 heterocycles. The first kappa shape index (κ1) is 82.8. The molecule has 0 amide bonds. The highest BCUT2D eigenvalue weighted by molar-refractivity contribution is 7.45. The number of likely N-dealkylation sites (N-methyl/N-ethyl adjacent to an activating group) is 1. The van der Waals surface area contributed by atoms with Crippen molar-refractivity contribution < 1.29 is 42.1 Å². The van der Waals surface area contributed by atoms with E-state index in [-0.39, 0.29) is 32.0 Å². The number of rotatable bonds is 71. The average Bonchev–Trinajstić information content (AvgIpc) is 3.61. The van der Waals surface area contributed by atoms with Crippen molar-refractivity contribution in [1.29, 1.82) is 0 Å². The van der Waals surface area contributed by atoms with Gasteiger partial charge in [0.25, 0.3) is 7.82 Å². The number of phosphoric ester groups is 1. The average molecular weight is 1210 g/mol. The third-order valence-corrected chi connectivity index (χ3v) is 18.2. The van der Waals surface area contributed by atoms with E-state index in [1.165, 1.54) is 334 Å². The standard InChI is InChI=1S/C74H146NO8P/c1-6-8-10-12-14-16-18-20-22-24-26-28-30-32-34-35-36-37-38-39-41-43-45-47-49-51-53-55-57-59-61-63-65-67-74(77)83-72(71-82-84(78,79)81-69-68-75(3,4)5)70-80-73(76)66-64-62-60-58-56-54-52-50-48-46-44-42-40-33-31-29-27-25-23-21-19-17-15-13-11-9-7-2/h24,26,72H,6-23,25,27-71H2,1-5H3/b26-24-. The van der Waals surface area contributed by atoms with Crippen LogP contribution in [0.5, 0.6) is 0 Å². The van der Waals surface area contributed by atoms with Crippen LogP contribution in [0.3, 0.4) is 0 Å². The van der Waals surface area contributed by atoms with Crippen LogP contribution < -0.4 is 4.89 Å². The van der Waals surface area contributed by atoms with Gasteiger partial charge < -0.3 is 27.9 Å². The molecule has 0 aromatic rings. The summed E-state index contributed by atoms with van der Waals surface area (Å²) in [4.78, 5) is 38.1. The molecule has 0 bridgehead atoms. The van der Waals surface area contributed by atoms with Crippen molar-refractivity contribution in [2.24, 2.45) is 0 Å². The van der Waals surface area contributed by atoms with Gasteiger partial charge in [-0.1, -0.05) is 360 Å². The van der Waals surface area contributed by atoms with E-state index in [4.69, 9.17) is 18.5 Å². The first-order valence-electron chi connectivity index (χ1n) is 37.4. The Labute approximate surface area is 524 Å². The molecule has 0 N–H and O–H groups in total. The van der Waals surface area contributed by atoms with Crippen LogP contribution in [-0.2, 0) is 32.7 Å². The molecule has 0 rings (SSSR count). The van der Waals surface area contributed by atoms with Crippen molar-refractivity contribution >= 4 is 19.8 Å². The zero-order chi connectivity index (χ0) is 61.2. The second kappa shape index (κ2) is 66.2. The molecule has 0 aliphatic rings. The Balaban J connectivity index is 3.94. The molecule has 0 aromatic carbocycles. The molecule has 0 aromatic heterocycles. The van der Waals surface area contributed by atoms with Gasteiger partial charge in [0.05, 0.1) is 27.7 Å². The number of carbonyl (C=O) groups excluding carboxylic acids is 2. The second-order valence-corrected chi connectivity index (χ2v) is 28.4. The lowest BCUT2D eigenvalue weighted by molar-refractivity contribution is -0.870. The van der Waals surface area contributed by atoms with Crippen LogP contribution in [0.15, 0.2) is 12.2 Å². The molecule has 2 atom stereocenters. The number of nitrogens with zero attached hydrogens (tertiary/aromatic N) is 1. The van der Waals surface area contributed by atoms with Gasteiger partial charge in [0.2, 0.25) is 0 Å². The Bertz CT molecular complexity index is 1420. The van der Waals surface area contributed by atoms with E-state index in [2.05, 4.69) is 26.0 Å². The van der Waals surface area contributed by atoms with Gasteiger partial charge in [-0.05, 0) is 38.5 Å². The fourth-order valence-corrected chi connectivity index (χ4v) is 12.3. The summed E-state index contributed by atoms with van der Waals surface area (Å²) in [7, 11) is 1.19. The molecule has 0 saturated carbocycles. The van der Waals surface area contributed by atoms with Crippen molar-refractivity contribution in [3.63, 3.8) is 0 Å². The predicted octanol–water partition coefficient (Wildman–Crippen LogP) is 23.7. The van der Waals surface area contributed by atoms with E-state index in [9.17, 15) is 19.0 Å². The number of quaternary nitrogens is 1. The van der Waals surface area contributed by atoms with Gasteiger partial charge in [-0.2, -0.15) is 0 Å². The fourth-order valence-electron chi connectivity index (χ4n) is 11.5. The molecule has 0 aliphatic carbocycles. The largest absolute Gasteiger partial charge is 0.756 e. The summed E-state index contributed by atoms with van der Waals surface area (Å²) in [6.45, 7) is 4.33. The van der Waals surface area contributed by atoms with Crippen molar-refractivity contribution in [3.8, 4) is 0 Å². The monoisotopic (exact) mass is 1210 g/mol. The van der Waals surface area contributed by atoms with Gasteiger partial charge in [0.1, 0.15) is 19.8 Å². The SMILES string of the molecule is CCCCCCCCCC/C=C\CCCCCCCCCCCCCCCCCCCCCCCC(=O)OC(COC(=O)CCCCCCCCCCCCCCCCCCCCCCCCCCCCC)COP(=O)([O-])OCC[N+](C)(C)C. The van der Waals surface area contributed by atoms with Crippen molar-refractivity contribution in [2.45, 2.75) is 405 Å². The van der Waals surface area contributed by atoms with E-state index in [1.54, 1.807) is 0 Å². The molecular weight excluding hydrogens is 1060 g/mol. The maximum absolute atomic E-state index is 12.9. The van der Waals surface area contributed by atoms with Crippen LogP contribution >= 0.6 is 7.82 Å². The van der Waals surface area contributed by atoms with Crippen LogP contribution in [0, 0.1) is 0 Å². The minimum atomic E-state index is -4.64. The number of hydrogen-bond donors (Lipinski definition) is 0. The Kier molecular flexibility index (Phi) is 65.2. The molecule has 9 nitrogen and oxygen atoms in total. The minimum Gasteiger partial charge on any atom is -0.756 e. The van der Waals surface area contributed by atoms with E-state index >= 15 is 0 Å². The molecule has 10 heteroatoms. The van der Waals surface area contributed by atoms with Crippen molar-refractivity contribution in [2.75, 3.05) is 47.5 Å². The number of hydrogen-bond acceptors (Lipinski definition) is 8. The fraction of sp³-hybridized carbons (Fsp3) is 0.946. The van der Waals surface area contributed by atoms with Gasteiger partial charge in [-0.25, -0.2) is 0 Å². The third kappa shape index (κ3) is 69.8. The summed E-state index contributed by atoms with van der Waals surface area (Å²) in [5.41, 5.74) is 0. The lowest BCUT2D eigenvalue weighted by atomic mass is 10.0. The lowest BCUT2D eigenvalue weighted by Gasteiger charge is -2.28. The summed E-state index contributed by atoms with van der Waals surface area (Å²) in [5, 5.41) is 0. The maximum atomic E-state index is 12.9. The maximum Gasteiger partial charge on any atom is 0.306 e. The highest BCUT2D eigenvalue weighted by atomic mass is 31.2. The van der Waals surface area contributed by atoms with Crippen molar-refractivity contribution in [1.82, 2.24) is 0 Å². The smallest absolute Gasteiger partial charge is 0.306 e. The molecule has 0 fully saturated rings. The minimum absolute atomic E-state index is 0.0257. The van der Waals surface area contributed by atoms with Crippen molar-refractivity contribution in [3.05, 3.63) is 12.2 Å². The Morgan fingerprint density at radius 3 is 0.881 bits per heavy atom. The molecule has 0 radical (unpaired) electrons. The zero-order valence-corrected chi connectivity index (χ0v) is 58.0. The topological polar surface area (TPSA) is 111 Å². The molecule has 0 spiro atoms. The molecule has 84 heavy (non-hydrogen) atoms. The second-order valence-electron chi connectivity index (χ2n) is 27.0. The lowest BCUT2D eigenvalue weighted by Crippen LogP contribution is -2.37. The van der Waals surface area contributed by atoms with E-state index in [1.807, 2.05) is 21.1 Å². The number of phosphoric acid groups is 1. The summed E-state index contributed by atoms with van der Waals surface area (Å²) in [6.07, 6.45) is 81.8. The van der Waals surface area contributed by atoms with Crippen LogP contribution in [0.25, 0.3) is 0 Å². The Hall–Kier alpha value is -1.25. The molecule has 0 saturated heterocycles. The van der Waals surface area contributed by atoms with Gasteiger partial charge in [-0.15, -0.1) is 0 Å². The van der Waals surface area contributed by atoms with Crippen LogP contribution in [0.2, 0.25) is 0 Å². The quantitative estimate of drug-likeness (QED) is 0.0195. The summed E-state index contributed by atoms with van der Waals surface area (Å²) < 4.78 is 34.4. The molecule has 500 valence electrons. The normalized spacial score (nSPS) is 13.1. The van der Waals surface area contributed by atoms with E-state index in [0.29, 0.717) is 17.4 Å². The van der Waals surface area contributed by atoms with E-state index in [0.717, 1.165) is 32.1 Å². The Morgan fingerprint density at radius 1 is 0.357 bits per heavy atom. The Morgan fingerprint density at radius 2 is 0.607 bits per heavy atom. The number of ether oxygens (including phenoxy) is 2. The summed E-state index contributed by atoms with van der Waals surface area (Å²) in [6, 6.07) is 0. The highest BCUT2D eigenvalue weighted by Gasteiger charge is 2.22. The first-order valence-corrected chi connectivity index (χ1v) is 38.9. The van der Waals surface area contributed by atoms with Crippen LogP contribution in [-0.4, -0.2) is 70.0 Å². The summed E-state index contributed by atoms with van der Waals surface area (Å²) in [5.74, 6) is -0.804. The number of esters is 2. The highest BCUT2D eigenvalue weighted by Crippen LogP contribution is 2.38.